The van der Waals surface area contributed by atoms with Crippen molar-refractivity contribution in [2.24, 2.45) is 0 Å². The van der Waals surface area contributed by atoms with Gasteiger partial charge >= 0.3 is 5.97 Å². The van der Waals surface area contributed by atoms with E-state index in [1.165, 1.54) is 30.6 Å². The third-order valence-electron chi connectivity index (χ3n) is 3.44. The summed E-state index contributed by atoms with van der Waals surface area (Å²) in [6.45, 7) is 0.491. The minimum Gasteiger partial charge on any atom is -0.478 e. The average Bonchev–Trinajstić information content (AvgIpc) is 2.62. The van der Waals surface area contributed by atoms with Crippen LogP contribution in [0.3, 0.4) is 0 Å². The summed E-state index contributed by atoms with van der Waals surface area (Å²) < 4.78 is 12.9. The molecule has 0 radical (unpaired) electrons. The van der Waals surface area contributed by atoms with Crippen molar-refractivity contribution in [3.63, 3.8) is 0 Å². The van der Waals surface area contributed by atoms with Gasteiger partial charge < -0.3 is 15.7 Å². The first kappa shape index (κ1) is 16.4. The van der Waals surface area contributed by atoms with E-state index < -0.39 is 5.97 Å². The molecule has 3 N–H and O–H groups in total. The molecule has 0 aliphatic carbocycles. The Bertz CT molecular complexity index is 884. The number of hydrogen-bond acceptors (Lipinski definition) is 5. The molecule has 7 heteroatoms. The molecule has 126 valence electrons. The molecule has 2 aromatic carbocycles. The molecule has 0 spiro atoms. The predicted molar refractivity (Wildman–Crippen MR) is 92.4 cm³/mol. The van der Waals surface area contributed by atoms with Crippen LogP contribution in [0.5, 0.6) is 0 Å². The number of carbonyl (C=O) groups is 1. The van der Waals surface area contributed by atoms with Gasteiger partial charge in [-0.05, 0) is 35.9 Å². The smallest absolute Gasteiger partial charge is 0.335 e. The highest BCUT2D eigenvalue weighted by Crippen LogP contribution is 2.18. The highest BCUT2D eigenvalue weighted by Gasteiger charge is 2.05. The summed E-state index contributed by atoms with van der Waals surface area (Å²) in [4.78, 5) is 19.3. The fourth-order valence-electron chi connectivity index (χ4n) is 2.20. The van der Waals surface area contributed by atoms with Gasteiger partial charge in [-0.3, -0.25) is 0 Å². The zero-order valence-corrected chi connectivity index (χ0v) is 13.1. The van der Waals surface area contributed by atoms with Crippen LogP contribution >= 0.6 is 0 Å². The lowest BCUT2D eigenvalue weighted by Gasteiger charge is -2.09. The van der Waals surface area contributed by atoms with Gasteiger partial charge in [-0.25, -0.2) is 19.2 Å². The minimum absolute atomic E-state index is 0.189. The number of carboxylic acids is 1. The van der Waals surface area contributed by atoms with Gasteiger partial charge in [0.25, 0.3) is 0 Å². The first-order chi connectivity index (χ1) is 12.1. The molecule has 1 aromatic heterocycles. The molecule has 6 nitrogen and oxygen atoms in total. The van der Waals surface area contributed by atoms with Crippen LogP contribution in [0.25, 0.3) is 0 Å². The average molecular weight is 338 g/mol. The highest BCUT2D eigenvalue weighted by molar-refractivity contribution is 5.89. The van der Waals surface area contributed by atoms with Crippen molar-refractivity contribution in [3.05, 3.63) is 77.9 Å². The third-order valence-corrected chi connectivity index (χ3v) is 3.44. The summed E-state index contributed by atoms with van der Waals surface area (Å²) in [5.41, 5.74) is 1.72. The van der Waals surface area contributed by atoms with Gasteiger partial charge in [0.15, 0.2) is 0 Å². The van der Waals surface area contributed by atoms with E-state index in [4.69, 9.17) is 5.11 Å². The van der Waals surface area contributed by atoms with Gasteiger partial charge in [-0.15, -0.1) is 0 Å². The van der Waals surface area contributed by atoms with Gasteiger partial charge in [-0.2, -0.15) is 0 Å². The number of nitrogens with zero attached hydrogens (tertiary/aromatic N) is 2. The highest BCUT2D eigenvalue weighted by atomic mass is 19.1. The maximum Gasteiger partial charge on any atom is 0.335 e. The molecule has 0 atom stereocenters. The minimum atomic E-state index is -0.993. The predicted octanol–water partition coefficient (Wildman–Crippen LogP) is 3.67. The van der Waals surface area contributed by atoms with Crippen LogP contribution in [0.15, 0.2) is 60.9 Å². The topological polar surface area (TPSA) is 87.1 Å². The summed E-state index contributed by atoms with van der Waals surface area (Å²) in [6, 6.07) is 14.3. The fourth-order valence-corrected chi connectivity index (χ4v) is 2.20. The van der Waals surface area contributed by atoms with Gasteiger partial charge in [0.1, 0.15) is 23.8 Å². The molecule has 0 bridgehead atoms. The number of carboxylic acid groups (broad SMARTS) is 1. The summed E-state index contributed by atoms with van der Waals surface area (Å²) in [5.74, 6) is -0.149. The van der Waals surface area contributed by atoms with E-state index in [-0.39, 0.29) is 11.4 Å². The fraction of sp³-hybridized carbons (Fsp3) is 0.0556. The van der Waals surface area contributed by atoms with Gasteiger partial charge in [0.05, 0.1) is 5.56 Å². The quantitative estimate of drug-likeness (QED) is 0.636. The summed E-state index contributed by atoms with van der Waals surface area (Å²) in [6.07, 6.45) is 1.40. The molecule has 3 rings (SSSR count). The van der Waals surface area contributed by atoms with E-state index in [0.717, 1.165) is 5.56 Å². The lowest BCUT2D eigenvalue weighted by atomic mass is 10.2. The van der Waals surface area contributed by atoms with Crippen LogP contribution in [0.4, 0.5) is 21.7 Å². The van der Waals surface area contributed by atoms with E-state index in [2.05, 4.69) is 20.6 Å². The second-order valence-corrected chi connectivity index (χ2v) is 5.28. The first-order valence-electron chi connectivity index (χ1n) is 7.51. The van der Waals surface area contributed by atoms with Crippen LogP contribution in [-0.4, -0.2) is 21.0 Å². The molecule has 0 aliphatic rings. The first-order valence-corrected chi connectivity index (χ1v) is 7.51. The van der Waals surface area contributed by atoms with Crippen molar-refractivity contribution in [2.45, 2.75) is 6.54 Å². The molecule has 0 fully saturated rings. The maximum atomic E-state index is 12.9. The molecular formula is C18H15FN4O2. The van der Waals surface area contributed by atoms with E-state index in [1.54, 1.807) is 30.3 Å². The van der Waals surface area contributed by atoms with Crippen molar-refractivity contribution in [1.29, 1.82) is 0 Å². The van der Waals surface area contributed by atoms with E-state index in [0.29, 0.717) is 23.9 Å². The number of anilines is 3. The Kier molecular flexibility index (Phi) is 4.84. The largest absolute Gasteiger partial charge is 0.478 e. The van der Waals surface area contributed by atoms with Crippen molar-refractivity contribution in [3.8, 4) is 0 Å². The Morgan fingerprint density at radius 1 is 1.04 bits per heavy atom. The second-order valence-electron chi connectivity index (χ2n) is 5.28. The van der Waals surface area contributed by atoms with Gasteiger partial charge in [0, 0.05) is 18.3 Å². The van der Waals surface area contributed by atoms with Crippen LogP contribution < -0.4 is 10.6 Å². The van der Waals surface area contributed by atoms with Crippen LogP contribution in [0.2, 0.25) is 0 Å². The Balaban J connectivity index is 1.68. The Morgan fingerprint density at radius 2 is 1.80 bits per heavy atom. The lowest BCUT2D eigenvalue weighted by molar-refractivity contribution is 0.0697. The molecule has 3 aromatic rings. The monoisotopic (exact) mass is 338 g/mol. The zero-order chi connectivity index (χ0) is 17.6. The summed E-state index contributed by atoms with van der Waals surface area (Å²) in [5, 5.41) is 15.2. The van der Waals surface area contributed by atoms with Crippen LogP contribution in [0, 0.1) is 5.82 Å². The van der Waals surface area contributed by atoms with Crippen molar-refractivity contribution < 1.29 is 14.3 Å². The Labute approximate surface area is 143 Å². The zero-order valence-electron chi connectivity index (χ0n) is 13.1. The van der Waals surface area contributed by atoms with E-state index >= 15 is 0 Å². The Morgan fingerprint density at radius 3 is 2.56 bits per heavy atom. The van der Waals surface area contributed by atoms with E-state index in [1.807, 2.05) is 0 Å². The molecule has 0 aliphatic heterocycles. The van der Waals surface area contributed by atoms with Gasteiger partial charge in [-0.1, -0.05) is 18.2 Å². The normalized spacial score (nSPS) is 10.3. The second kappa shape index (κ2) is 7.39. The number of hydrogen-bond donors (Lipinski definition) is 3. The molecular weight excluding hydrogens is 323 g/mol. The molecule has 0 unspecified atom stereocenters. The SMILES string of the molecule is O=C(O)c1cccc(Nc2cc(NCc3ccc(F)cc3)ncn2)c1. The van der Waals surface area contributed by atoms with Crippen LogP contribution in [0.1, 0.15) is 15.9 Å². The number of halogens is 1. The third kappa shape index (κ3) is 4.51. The Hall–Kier alpha value is -3.48. The maximum absolute atomic E-state index is 12.9. The lowest BCUT2D eigenvalue weighted by Crippen LogP contribution is -2.03. The number of rotatable bonds is 6. The number of benzene rings is 2. The van der Waals surface area contributed by atoms with Crippen molar-refractivity contribution >= 4 is 23.3 Å². The molecule has 0 saturated carbocycles. The molecule has 0 amide bonds. The number of aromatic nitrogens is 2. The molecule has 1 heterocycles. The number of aromatic carboxylic acids is 1. The van der Waals surface area contributed by atoms with Gasteiger partial charge in [0.2, 0.25) is 0 Å². The summed E-state index contributed by atoms with van der Waals surface area (Å²) >= 11 is 0. The molecule has 25 heavy (non-hydrogen) atoms. The number of nitrogens with one attached hydrogen (secondary N) is 2. The van der Waals surface area contributed by atoms with Crippen molar-refractivity contribution in [2.75, 3.05) is 10.6 Å². The van der Waals surface area contributed by atoms with Crippen LogP contribution in [-0.2, 0) is 6.54 Å². The summed E-state index contributed by atoms with van der Waals surface area (Å²) in [7, 11) is 0. The van der Waals surface area contributed by atoms with Crippen molar-refractivity contribution in [1.82, 2.24) is 9.97 Å². The molecule has 0 saturated heterocycles. The standard InChI is InChI=1S/C18H15FN4O2/c19-14-6-4-12(5-7-14)10-20-16-9-17(22-11-21-16)23-15-3-1-2-13(8-15)18(24)25/h1-9,11H,10H2,(H,24,25)(H2,20,21,22,23). The van der Waals surface area contributed by atoms with E-state index in [9.17, 15) is 9.18 Å².